The van der Waals surface area contributed by atoms with Crippen LogP contribution in [0.5, 0.6) is 0 Å². The van der Waals surface area contributed by atoms with Gasteiger partial charge in [0, 0.05) is 30.9 Å². The molecule has 0 aliphatic heterocycles. The SMILES string of the molecule is Cc1nc(SCC(=O)N(C)Cc2ccccc2F)n(C2CCCCC2)c1C. The molecule has 4 nitrogen and oxygen atoms in total. The average molecular weight is 390 g/mol. The van der Waals surface area contributed by atoms with E-state index in [1.165, 1.54) is 55.6 Å². The maximum absolute atomic E-state index is 13.8. The van der Waals surface area contributed by atoms with E-state index < -0.39 is 0 Å². The van der Waals surface area contributed by atoms with Crippen LogP contribution in [0, 0.1) is 19.7 Å². The highest BCUT2D eigenvalue weighted by molar-refractivity contribution is 7.99. The van der Waals surface area contributed by atoms with Gasteiger partial charge in [-0.05, 0) is 32.8 Å². The zero-order valence-electron chi connectivity index (χ0n) is 16.4. The monoisotopic (exact) mass is 389 g/mol. The molecule has 1 aliphatic carbocycles. The lowest BCUT2D eigenvalue weighted by Crippen LogP contribution is -2.28. The highest BCUT2D eigenvalue weighted by Crippen LogP contribution is 2.34. The van der Waals surface area contributed by atoms with Crippen molar-refractivity contribution in [1.82, 2.24) is 14.5 Å². The van der Waals surface area contributed by atoms with Crippen molar-refractivity contribution < 1.29 is 9.18 Å². The van der Waals surface area contributed by atoms with E-state index in [0.717, 1.165) is 10.9 Å². The van der Waals surface area contributed by atoms with Gasteiger partial charge >= 0.3 is 0 Å². The number of carbonyl (C=O) groups excluding carboxylic acids is 1. The Morgan fingerprint density at radius 3 is 2.67 bits per heavy atom. The van der Waals surface area contributed by atoms with Crippen LogP contribution in [0.2, 0.25) is 0 Å². The van der Waals surface area contributed by atoms with Crippen molar-refractivity contribution in [2.75, 3.05) is 12.8 Å². The molecule has 0 spiro atoms. The summed E-state index contributed by atoms with van der Waals surface area (Å²) in [5.74, 6) is 0.0220. The van der Waals surface area contributed by atoms with Crippen molar-refractivity contribution in [1.29, 1.82) is 0 Å². The second-order valence-electron chi connectivity index (χ2n) is 7.36. The molecule has 1 aromatic heterocycles. The number of nitrogens with zero attached hydrogens (tertiary/aromatic N) is 3. The molecule has 6 heteroatoms. The number of aromatic nitrogens is 2. The van der Waals surface area contributed by atoms with Gasteiger partial charge in [-0.1, -0.05) is 49.2 Å². The van der Waals surface area contributed by atoms with E-state index in [2.05, 4.69) is 11.5 Å². The Kier molecular flexibility index (Phi) is 6.58. The van der Waals surface area contributed by atoms with E-state index in [4.69, 9.17) is 4.98 Å². The first kappa shape index (κ1) is 19.9. The average Bonchev–Trinajstić information content (AvgIpc) is 2.96. The van der Waals surface area contributed by atoms with E-state index in [-0.39, 0.29) is 18.3 Å². The summed E-state index contributed by atoms with van der Waals surface area (Å²) in [5, 5.41) is 0.935. The Balaban J connectivity index is 1.65. The zero-order chi connectivity index (χ0) is 19.4. The highest BCUT2D eigenvalue weighted by atomic mass is 32.2. The molecule has 3 rings (SSSR count). The molecule has 1 amide bonds. The second-order valence-corrected chi connectivity index (χ2v) is 8.30. The number of hydrogen-bond donors (Lipinski definition) is 0. The fourth-order valence-electron chi connectivity index (χ4n) is 3.67. The van der Waals surface area contributed by atoms with Gasteiger partial charge in [0.05, 0.1) is 11.4 Å². The van der Waals surface area contributed by atoms with Crippen LogP contribution >= 0.6 is 11.8 Å². The zero-order valence-corrected chi connectivity index (χ0v) is 17.2. The number of benzene rings is 1. The van der Waals surface area contributed by atoms with Gasteiger partial charge in [0.2, 0.25) is 5.91 Å². The van der Waals surface area contributed by atoms with E-state index in [1.807, 2.05) is 6.92 Å². The number of carbonyl (C=O) groups is 1. The molecule has 0 bridgehead atoms. The molecule has 0 unspecified atom stereocenters. The Morgan fingerprint density at radius 1 is 1.26 bits per heavy atom. The van der Waals surface area contributed by atoms with Gasteiger partial charge in [0.1, 0.15) is 5.82 Å². The van der Waals surface area contributed by atoms with Gasteiger partial charge in [-0.3, -0.25) is 4.79 Å². The van der Waals surface area contributed by atoms with Crippen LogP contribution in [0.15, 0.2) is 29.4 Å². The molecule has 146 valence electrons. The Bertz CT molecular complexity index is 799. The molecule has 1 fully saturated rings. The molecule has 0 atom stereocenters. The molecule has 1 heterocycles. The summed E-state index contributed by atoms with van der Waals surface area (Å²) in [6, 6.07) is 7.09. The minimum absolute atomic E-state index is 0.0169. The van der Waals surface area contributed by atoms with Crippen LogP contribution < -0.4 is 0 Å². The molecule has 1 aliphatic rings. The summed E-state index contributed by atoms with van der Waals surface area (Å²) in [6.07, 6.45) is 6.20. The Morgan fingerprint density at radius 2 is 1.96 bits per heavy atom. The lowest BCUT2D eigenvalue weighted by molar-refractivity contribution is -0.127. The first-order valence-corrected chi connectivity index (χ1v) is 10.6. The third kappa shape index (κ3) is 4.72. The van der Waals surface area contributed by atoms with Gasteiger partial charge in [-0.25, -0.2) is 9.37 Å². The molecule has 1 aromatic carbocycles. The lowest BCUT2D eigenvalue weighted by atomic mass is 9.95. The quantitative estimate of drug-likeness (QED) is 0.660. The van der Waals surface area contributed by atoms with Crippen LogP contribution in [-0.2, 0) is 11.3 Å². The first-order chi connectivity index (χ1) is 13.0. The summed E-state index contributed by atoms with van der Waals surface area (Å²) >= 11 is 1.49. The first-order valence-electron chi connectivity index (χ1n) is 9.63. The second kappa shape index (κ2) is 8.91. The number of halogens is 1. The molecular formula is C21H28FN3OS. The molecule has 0 saturated heterocycles. The normalized spacial score (nSPS) is 15.1. The van der Waals surface area contributed by atoms with Crippen LogP contribution in [0.1, 0.15) is 55.1 Å². The van der Waals surface area contributed by atoms with Crippen molar-refractivity contribution in [3.8, 4) is 0 Å². The number of amides is 1. The van der Waals surface area contributed by atoms with Crippen LogP contribution in [0.4, 0.5) is 4.39 Å². The molecule has 0 radical (unpaired) electrons. The predicted octanol–water partition coefficient (Wildman–Crippen LogP) is 4.89. The maximum atomic E-state index is 13.8. The van der Waals surface area contributed by atoms with Crippen molar-refractivity contribution >= 4 is 17.7 Å². The van der Waals surface area contributed by atoms with E-state index >= 15 is 0 Å². The van der Waals surface area contributed by atoms with E-state index in [1.54, 1.807) is 30.1 Å². The van der Waals surface area contributed by atoms with Crippen molar-refractivity contribution in [3.63, 3.8) is 0 Å². The molecule has 1 saturated carbocycles. The van der Waals surface area contributed by atoms with Crippen molar-refractivity contribution in [2.24, 2.45) is 0 Å². The van der Waals surface area contributed by atoms with Gasteiger partial charge < -0.3 is 9.47 Å². The van der Waals surface area contributed by atoms with Crippen molar-refractivity contribution in [2.45, 2.75) is 63.7 Å². The predicted molar refractivity (Wildman–Crippen MR) is 107 cm³/mol. The number of thioether (sulfide) groups is 1. The van der Waals surface area contributed by atoms with E-state index in [0.29, 0.717) is 17.4 Å². The van der Waals surface area contributed by atoms with Gasteiger partial charge in [-0.15, -0.1) is 0 Å². The summed E-state index contributed by atoms with van der Waals surface area (Å²) in [5.41, 5.74) is 2.78. The fourth-order valence-corrected chi connectivity index (χ4v) is 4.77. The number of imidazole rings is 1. The highest BCUT2D eigenvalue weighted by Gasteiger charge is 2.23. The van der Waals surface area contributed by atoms with Crippen LogP contribution in [-0.4, -0.2) is 33.2 Å². The number of rotatable bonds is 6. The number of hydrogen-bond acceptors (Lipinski definition) is 3. The van der Waals surface area contributed by atoms with Gasteiger partial charge in [0.25, 0.3) is 0 Å². The third-order valence-electron chi connectivity index (χ3n) is 5.41. The van der Waals surface area contributed by atoms with E-state index in [9.17, 15) is 9.18 Å². The maximum Gasteiger partial charge on any atom is 0.233 e. The van der Waals surface area contributed by atoms with Crippen molar-refractivity contribution in [3.05, 3.63) is 47.0 Å². The Hall–Kier alpha value is -1.82. The summed E-state index contributed by atoms with van der Waals surface area (Å²) in [4.78, 5) is 18.8. The molecular weight excluding hydrogens is 361 g/mol. The topological polar surface area (TPSA) is 38.1 Å². The summed E-state index contributed by atoms with van der Waals surface area (Å²) < 4.78 is 16.2. The summed E-state index contributed by atoms with van der Waals surface area (Å²) in [6.45, 7) is 4.43. The largest absolute Gasteiger partial charge is 0.341 e. The lowest BCUT2D eigenvalue weighted by Gasteiger charge is -2.26. The smallest absolute Gasteiger partial charge is 0.233 e. The van der Waals surface area contributed by atoms with Crippen LogP contribution in [0.25, 0.3) is 0 Å². The molecule has 0 N–H and O–H groups in total. The molecule has 2 aromatic rings. The summed E-state index contributed by atoms with van der Waals surface area (Å²) in [7, 11) is 1.72. The minimum atomic E-state index is -0.274. The molecule has 27 heavy (non-hydrogen) atoms. The van der Waals surface area contributed by atoms with Gasteiger partial charge in [0.15, 0.2) is 5.16 Å². The number of aryl methyl sites for hydroxylation is 1. The fraction of sp³-hybridized carbons (Fsp3) is 0.524. The third-order valence-corrected chi connectivity index (χ3v) is 6.35. The minimum Gasteiger partial charge on any atom is -0.341 e. The Labute approximate surface area is 165 Å². The van der Waals surface area contributed by atoms with Crippen LogP contribution in [0.3, 0.4) is 0 Å². The standard InChI is InChI=1S/C21H28FN3OS/c1-15-16(2)25(18-10-5-4-6-11-18)21(23-15)27-14-20(26)24(3)13-17-9-7-8-12-19(17)22/h7-9,12,18H,4-6,10-11,13-14H2,1-3H3. The van der Waals surface area contributed by atoms with Gasteiger partial charge in [-0.2, -0.15) is 0 Å².